The Morgan fingerprint density at radius 2 is 2.38 bits per heavy atom. The van der Waals surface area contributed by atoms with Crippen LogP contribution in [0.4, 0.5) is 0 Å². The predicted molar refractivity (Wildman–Crippen MR) is 62.2 cm³/mol. The Kier molecular flexibility index (Phi) is 3.25. The summed E-state index contributed by atoms with van der Waals surface area (Å²) in [7, 11) is 0. The van der Waals surface area contributed by atoms with E-state index in [-0.39, 0.29) is 5.92 Å². The molecular weight excluding hydrogens is 202 g/mol. The lowest BCUT2D eigenvalue weighted by atomic mass is 10.1. The quantitative estimate of drug-likeness (QED) is 0.844. The first-order valence-corrected chi connectivity index (χ1v) is 5.66. The first kappa shape index (κ1) is 11.1. The second kappa shape index (κ2) is 4.66. The van der Waals surface area contributed by atoms with Crippen molar-refractivity contribution >= 4 is 5.97 Å². The van der Waals surface area contributed by atoms with Crippen molar-refractivity contribution in [3.63, 3.8) is 0 Å². The number of rotatable bonds is 3. The molecule has 86 valence electrons. The van der Waals surface area contributed by atoms with Gasteiger partial charge in [-0.1, -0.05) is 29.8 Å². The second-order valence-electron chi connectivity index (χ2n) is 4.55. The monoisotopic (exact) mass is 219 g/mol. The summed E-state index contributed by atoms with van der Waals surface area (Å²) in [4.78, 5) is 13.0. The number of hydrogen-bond donors (Lipinski definition) is 1. The molecule has 1 atom stereocenters. The highest BCUT2D eigenvalue weighted by molar-refractivity contribution is 5.70. The van der Waals surface area contributed by atoms with Crippen molar-refractivity contribution < 1.29 is 9.90 Å². The van der Waals surface area contributed by atoms with Gasteiger partial charge in [-0.2, -0.15) is 0 Å². The highest BCUT2D eigenvalue weighted by Crippen LogP contribution is 2.19. The molecule has 0 bridgehead atoms. The minimum absolute atomic E-state index is 0.176. The number of carbonyl (C=O) groups is 1. The molecule has 3 heteroatoms. The number of carboxylic acids is 1. The zero-order chi connectivity index (χ0) is 11.5. The maximum absolute atomic E-state index is 10.8. The Hall–Kier alpha value is -1.35. The van der Waals surface area contributed by atoms with Crippen LogP contribution in [0.3, 0.4) is 0 Å². The van der Waals surface area contributed by atoms with Crippen molar-refractivity contribution in [2.45, 2.75) is 19.9 Å². The van der Waals surface area contributed by atoms with E-state index in [0.717, 1.165) is 19.5 Å². The first-order valence-electron chi connectivity index (χ1n) is 5.66. The molecule has 1 aliphatic rings. The van der Waals surface area contributed by atoms with E-state index in [2.05, 4.69) is 36.1 Å². The molecule has 1 fully saturated rings. The molecule has 0 spiro atoms. The fourth-order valence-corrected chi connectivity index (χ4v) is 2.25. The number of likely N-dealkylation sites (tertiary alicyclic amines) is 1. The van der Waals surface area contributed by atoms with E-state index in [4.69, 9.17) is 5.11 Å². The van der Waals surface area contributed by atoms with Gasteiger partial charge in [0.25, 0.3) is 0 Å². The van der Waals surface area contributed by atoms with Crippen molar-refractivity contribution in [2.75, 3.05) is 13.1 Å². The number of hydrogen-bond acceptors (Lipinski definition) is 2. The van der Waals surface area contributed by atoms with Gasteiger partial charge in [0, 0.05) is 13.1 Å². The summed E-state index contributed by atoms with van der Waals surface area (Å²) in [6.45, 7) is 4.52. The molecule has 0 aliphatic carbocycles. The maximum atomic E-state index is 10.8. The lowest BCUT2D eigenvalue weighted by Gasteiger charge is -2.15. The van der Waals surface area contributed by atoms with Crippen LogP contribution in [0.15, 0.2) is 24.3 Å². The van der Waals surface area contributed by atoms with E-state index in [1.165, 1.54) is 11.1 Å². The molecule has 0 aromatic heterocycles. The maximum Gasteiger partial charge on any atom is 0.307 e. The van der Waals surface area contributed by atoms with E-state index >= 15 is 0 Å². The molecule has 0 radical (unpaired) electrons. The summed E-state index contributed by atoms with van der Waals surface area (Å²) >= 11 is 0. The van der Waals surface area contributed by atoms with E-state index in [9.17, 15) is 4.79 Å². The summed E-state index contributed by atoms with van der Waals surface area (Å²) in [5.41, 5.74) is 2.53. The molecule has 1 aliphatic heterocycles. The van der Waals surface area contributed by atoms with Gasteiger partial charge >= 0.3 is 5.97 Å². The third-order valence-electron chi connectivity index (χ3n) is 3.11. The van der Waals surface area contributed by atoms with Gasteiger partial charge in [0.05, 0.1) is 5.92 Å². The Bertz CT molecular complexity index is 389. The molecule has 1 saturated heterocycles. The van der Waals surface area contributed by atoms with E-state index in [1.807, 2.05) is 0 Å². The molecule has 16 heavy (non-hydrogen) atoms. The van der Waals surface area contributed by atoms with Crippen molar-refractivity contribution in [2.24, 2.45) is 5.92 Å². The largest absolute Gasteiger partial charge is 0.481 e. The van der Waals surface area contributed by atoms with E-state index in [1.54, 1.807) is 0 Å². The van der Waals surface area contributed by atoms with Crippen LogP contribution in [-0.4, -0.2) is 29.1 Å². The van der Waals surface area contributed by atoms with Gasteiger partial charge in [0.2, 0.25) is 0 Å². The fraction of sp³-hybridized carbons (Fsp3) is 0.462. The Labute approximate surface area is 95.7 Å². The summed E-state index contributed by atoms with van der Waals surface area (Å²) < 4.78 is 0. The number of aryl methyl sites for hydroxylation is 1. The van der Waals surface area contributed by atoms with Gasteiger partial charge in [-0.25, -0.2) is 0 Å². The zero-order valence-electron chi connectivity index (χ0n) is 9.52. The van der Waals surface area contributed by atoms with Crippen molar-refractivity contribution in [3.8, 4) is 0 Å². The predicted octanol–water partition coefficient (Wildman–Crippen LogP) is 1.90. The van der Waals surface area contributed by atoms with Gasteiger partial charge in [-0.3, -0.25) is 9.69 Å². The summed E-state index contributed by atoms with van der Waals surface area (Å²) in [5.74, 6) is -0.837. The van der Waals surface area contributed by atoms with Gasteiger partial charge in [0.1, 0.15) is 0 Å². The lowest BCUT2D eigenvalue weighted by Crippen LogP contribution is -2.22. The average molecular weight is 219 g/mol. The summed E-state index contributed by atoms with van der Waals surface area (Å²) in [6, 6.07) is 8.39. The topological polar surface area (TPSA) is 40.5 Å². The molecule has 1 aromatic rings. The number of benzene rings is 1. The van der Waals surface area contributed by atoms with E-state index in [0.29, 0.717) is 6.54 Å². The first-order chi connectivity index (χ1) is 7.65. The molecule has 1 aromatic carbocycles. The lowest BCUT2D eigenvalue weighted by molar-refractivity contribution is -0.141. The third kappa shape index (κ3) is 2.61. The highest BCUT2D eigenvalue weighted by atomic mass is 16.4. The van der Waals surface area contributed by atoms with Crippen LogP contribution in [0.1, 0.15) is 17.5 Å². The second-order valence-corrected chi connectivity index (χ2v) is 4.55. The van der Waals surface area contributed by atoms with Crippen molar-refractivity contribution in [1.82, 2.24) is 4.90 Å². The number of nitrogens with zero attached hydrogens (tertiary/aromatic N) is 1. The normalized spacial score (nSPS) is 21.2. The van der Waals surface area contributed by atoms with E-state index < -0.39 is 5.97 Å². The van der Waals surface area contributed by atoms with Crippen LogP contribution >= 0.6 is 0 Å². The number of aliphatic carboxylic acids is 1. The summed E-state index contributed by atoms with van der Waals surface area (Å²) in [5, 5.41) is 8.91. The fourth-order valence-electron chi connectivity index (χ4n) is 2.25. The molecule has 0 saturated carbocycles. The van der Waals surface area contributed by atoms with Crippen LogP contribution in [0.5, 0.6) is 0 Å². The van der Waals surface area contributed by atoms with Crippen LogP contribution in [0.25, 0.3) is 0 Å². The van der Waals surface area contributed by atoms with Crippen molar-refractivity contribution in [1.29, 1.82) is 0 Å². The smallest absolute Gasteiger partial charge is 0.307 e. The molecule has 0 amide bonds. The zero-order valence-corrected chi connectivity index (χ0v) is 9.52. The number of carboxylic acid groups (broad SMARTS) is 1. The van der Waals surface area contributed by atoms with Gasteiger partial charge in [-0.05, 0) is 25.5 Å². The Morgan fingerprint density at radius 1 is 1.56 bits per heavy atom. The van der Waals surface area contributed by atoms with Crippen molar-refractivity contribution in [3.05, 3.63) is 35.4 Å². The third-order valence-corrected chi connectivity index (χ3v) is 3.11. The Balaban J connectivity index is 1.94. The molecular formula is C13H17NO2. The highest BCUT2D eigenvalue weighted by Gasteiger charge is 2.27. The SMILES string of the molecule is Cc1cccc(CN2CC[C@H](C(=O)O)C2)c1. The van der Waals surface area contributed by atoms with Gasteiger partial charge in [-0.15, -0.1) is 0 Å². The minimum atomic E-state index is -0.660. The van der Waals surface area contributed by atoms with Crippen LogP contribution < -0.4 is 0 Å². The molecule has 3 nitrogen and oxygen atoms in total. The van der Waals surface area contributed by atoms with Gasteiger partial charge in [0.15, 0.2) is 0 Å². The summed E-state index contributed by atoms with van der Waals surface area (Å²) in [6.07, 6.45) is 0.779. The van der Waals surface area contributed by atoms with Crippen LogP contribution in [0.2, 0.25) is 0 Å². The van der Waals surface area contributed by atoms with Gasteiger partial charge < -0.3 is 5.11 Å². The average Bonchev–Trinajstić information content (AvgIpc) is 2.66. The molecule has 1 N–H and O–H groups in total. The molecule has 2 rings (SSSR count). The Morgan fingerprint density at radius 3 is 3.00 bits per heavy atom. The standard InChI is InChI=1S/C13H17NO2/c1-10-3-2-4-11(7-10)8-14-6-5-12(9-14)13(15)16/h2-4,7,12H,5-6,8-9H2,1H3,(H,15,16)/t12-/m0/s1. The molecule has 1 heterocycles. The minimum Gasteiger partial charge on any atom is -0.481 e. The van der Waals surface area contributed by atoms with Crippen LogP contribution in [-0.2, 0) is 11.3 Å². The van der Waals surface area contributed by atoms with Crippen LogP contribution in [0, 0.1) is 12.8 Å². The molecule has 0 unspecified atom stereocenters.